The zero-order valence-electron chi connectivity index (χ0n) is 9.38. The third kappa shape index (κ3) is 2.61. The van der Waals surface area contributed by atoms with Crippen LogP contribution in [-0.4, -0.2) is 17.8 Å². The van der Waals surface area contributed by atoms with Gasteiger partial charge in [-0.2, -0.15) is 13.2 Å². The van der Waals surface area contributed by atoms with Gasteiger partial charge in [0.1, 0.15) is 6.54 Å². The van der Waals surface area contributed by atoms with Gasteiger partial charge in [0.2, 0.25) is 0 Å². The van der Waals surface area contributed by atoms with Crippen molar-refractivity contribution in [2.24, 2.45) is 0 Å². The predicted molar refractivity (Wildman–Crippen MR) is 60.8 cm³/mol. The minimum absolute atomic E-state index is 0.620. The van der Waals surface area contributed by atoms with E-state index in [1.165, 1.54) is 10.8 Å². The number of nitrogens with zero attached hydrogens (tertiary/aromatic N) is 1. The Morgan fingerprint density at radius 3 is 2.65 bits per heavy atom. The van der Waals surface area contributed by atoms with Crippen LogP contribution in [0.25, 0.3) is 10.9 Å². The number of fused-ring (bicyclic) bond motifs is 1. The molecule has 2 rings (SSSR count). The van der Waals surface area contributed by atoms with Gasteiger partial charge in [-0.15, -0.1) is 0 Å². The lowest BCUT2D eigenvalue weighted by Crippen LogP contribution is -2.16. The van der Waals surface area contributed by atoms with E-state index in [1.807, 2.05) is 13.1 Å². The van der Waals surface area contributed by atoms with Crippen molar-refractivity contribution < 1.29 is 13.2 Å². The molecule has 1 heterocycles. The van der Waals surface area contributed by atoms with Gasteiger partial charge in [-0.1, -0.05) is 12.1 Å². The Morgan fingerprint density at radius 2 is 2.00 bits per heavy atom. The highest BCUT2D eigenvalue weighted by Gasteiger charge is 2.28. The van der Waals surface area contributed by atoms with Gasteiger partial charge in [-0.3, -0.25) is 0 Å². The summed E-state index contributed by atoms with van der Waals surface area (Å²) < 4.78 is 38.3. The summed E-state index contributed by atoms with van der Waals surface area (Å²) in [5.41, 5.74) is 1.63. The first-order chi connectivity index (χ1) is 8.01. The molecule has 0 radical (unpaired) electrons. The second-order valence-electron chi connectivity index (χ2n) is 3.94. The van der Waals surface area contributed by atoms with E-state index in [-0.39, 0.29) is 0 Å². The van der Waals surface area contributed by atoms with E-state index in [9.17, 15) is 13.2 Å². The zero-order valence-corrected chi connectivity index (χ0v) is 9.38. The van der Waals surface area contributed by atoms with Gasteiger partial charge < -0.3 is 9.88 Å². The molecule has 0 aliphatic carbocycles. The molecule has 0 atom stereocenters. The molecule has 0 bridgehead atoms. The summed E-state index contributed by atoms with van der Waals surface area (Å²) in [6.45, 7) is -0.299. The zero-order chi connectivity index (χ0) is 12.5. The summed E-state index contributed by atoms with van der Waals surface area (Å²) in [6, 6.07) is 7.13. The summed E-state index contributed by atoms with van der Waals surface area (Å²) in [7, 11) is 1.81. The molecule has 17 heavy (non-hydrogen) atoms. The van der Waals surface area contributed by atoms with Crippen LogP contribution in [0.3, 0.4) is 0 Å². The molecule has 0 saturated heterocycles. The smallest absolute Gasteiger partial charge is 0.338 e. The molecule has 0 saturated carbocycles. The predicted octanol–water partition coefficient (Wildman–Crippen LogP) is 2.92. The van der Waals surface area contributed by atoms with Crippen LogP contribution >= 0.6 is 0 Å². The van der Waals surface area contributed by atoms with E-state index >= 15 is 0 Å². The fraction of sp³-hybridized carbons (Fsp3) is 0.333. The van der Waals surface area contributed by atoms with Crippen LogP contribution in [0.4, 0.5) is 13.2 Å². The fourth-order valence-electron chi connectivity index (χ4n) is 1.96. The maximum atomic E-state index is 12.4. The normalized spacial score (nSPS) is 12.2. The third-order valence-electron chi connectivity index (χ3n) is 2.62. The highest BCUT2D eigenvalue weighted by atomic mass is 19.4. The van der Waals surface area contributed by atoms with Gasteiger partial charge in [0.15, 0.2) is 0 Å². The first-order valence-corrected chi connectivity index (χ1v) is 5.29. The third-order valence-corrected chi connectivity index (χ3v) is 2.62. The Kier molecular flexibility index (Phi) is 3.11. The lowest BCUT2D eigenvalue weighted by Gasteiger charge is -2.09. The number of nitrogens with one attached hydrogen (secondary N) is 1. The fourth-order valence-corrected chi connectivity index (χ4v) is 1.96. The largest absolute Gasteiger partial charge is 0.406 e. The Balaban J connectivity index is 2.44. The lowest BCUT2D eigenvalue weighted by atomic mass is 10.1. The molecule has 0 aliphatic heterocycles. The highest BCUT2D eigenvalue weighted by molar-refractivity contribution is 5.83. The number of hydrogen-bond donors (Lipinski definition) is 1. The maximum Gasteiger partial charge on any atom is 0.406 e. The minimum Gasteiger partial charge on any atom is -0.338 e. The molecule has 1 aromatic heterocycles. The molecule has 2 nitrogen and oxygen atoms in total. The van der Waals surface area contributed by atoms with Crippen LogP contribution in [0, 0.1) is 0 Å². The molecule has 0 spiro atoms. The molecule has 5 heteroatoms. The van der Waals surface area contributed by atoms with E-state index in [4.69, 9.17) is 0 Å². The van der Waals surface area contributed by atoms with Crippen molar-refractivity contribution >= 4 is 10.9 Å². The van der Waals surface area contributed by atoms with Crippen molar-refractivity contribution in [2.45, 2.75) is 19.3 Å². The van der Waals surface area contributed by atoms with Gasteiger partial charge in [-0.25, -0.2) is 0 Å². The quantitative estimate of drug-likeness (QED) is 0.875. The molecule has 0 fully saturated rings. The number of hydrogen-bond acceptors (Lipinski definition) is 1. The average molecular weight is 242 g/mol. The van der Waals surface area contributed by atoms with E-state index < -0.39 is 12.7 Å². The van der Waals surface area contributed by atoms with Gasteiger partial charge in [0, 0.05) is 23.6 Å². The van der Waals surface area contributed by atoms with Gasteiger partial charge >= 0.3 is 6.18 Å². The Morgan fingerprint density at radius 1 is 1.24 bits per heavy atom. The van der Waals surface area contributed by atoms with Crippen LogP contribution in [0.15, 0.2) is 30.5 Å². The van der Waals surface area contributed by atoms with Crippen molar-refractivity contribution in [3.63, 3.8) is 0 Å². The monoisotopic (exact) mass is 242 g/mol. The summed E-state index contributed by atoms with van der Waals surface area (Å²) in [6.07, 6.45) is -2.71. The maximum absolute atomic E-state index is 12.4. The first-order valence-electron chi connectivity index (χ1n) is 5.29. The van der Waals surface area contributed by atoms with Crippen molar-refractivity contribution in [3.05, 3.63) is 36.0 Å². The van der Waals surface area contributed by atoms with Crippen LogP contribution in [0.1, 0.15) is 5.56 Å². The van der Waals surface area contributed by atoms with Crippen molar-refractivity contribution in [1.29, 1.82) is 0 Å². The van der Waals surface area contributed by atoms with E-state index in [2.05, 4.69) is 5.32 Å². The van der Waals surface area contributed by atoms with Crippen molar-refractivity contribution in [3.8, 4) is 0 Å². The number of alkyl halides is 3. The summed E-state index contributed by atoms with van der Waals surface area (Å²) in [4.78, 5) is 0. The van der Waals surface area contributed by atoms with E-state index in [1.54, 1.807) is 18.2 Å². The molecule has 1 N–H and O–H groups in total. The Labute approximate surface area is 97.0 Å². The van der Waals surface area contributed by atoms with Crippen molar-refractivity contribution in [1.82, 2.24) is 9.88 Å². The number of halogens is 3. The average Bonchev–Trinajstić information content (AvgIpc) is 2.61. The van der Waals surface area contributed by atoms with Crippen LogP contribution < -0.4 is 5.32 Å². The van der Waals surface area contributed by atoms with E-state index in [0.717, 1.165) is 10.9 Å². The number of aromatic nitrogens is 1. The SMILES string of the molecule is CNCc1cccc2c1ccn2CC(F)(F)F. The molecule has 2 aromatic rings. The summed E-state index contributed by atoms with van der Waals surface area (Å²) >= 11 is 0. The topological polar surface area (TPSA) is 17.0 Å². The second-order valence-corrected chi connectivity index (χ2v) is 3.94. The molecule has 92 valence electrons. The van der Waals surface area contributed by atoms with Crippen LogP contribution in [0.5, 0.6) is 0 Å². The lowest BCUT2D eigenvalue weighted by molar-refractivity contribution is -0.139. The van der Waals surface area contributed by atoms with Crippen LogP contribution in [-0.2, 0) is 13.1 Å². The van der Waals surface area contributed by atoms with Gasteiger partial charge in [-0.05, 0) is 24.7 Å². The Hall–Kier alpha value is -1.49. The standard InChI is InChI=1S/C12H13F3N2/c1-16-7-9-3-2-4-11-10(9)5-6-17(11)8-12(13,14)15/h2-6,16H,7-8H2,1H3. The second kappa shape index (κ2) is 4.41. The molecule has 0 unspecified atom stereocenters. The number of rotatable bonds is 3. The summed E-state index contributed by atoms with van der Waals surface area (Å²) in [5.74, 6) is 0. The minimum atomic E-state index is -4.19. The number of benzene rings is 1. The van der Waals surface area contributed by atoms with Crippen molar-refractivity contribution in [2.75, 3.05) is 7.05 Å². The van der Waals surface area contributed by atoms with Gasteiger partial charge in [0.25, 0.3) is 0 Å². The first kappa shape index (κ1) is 12.0. The molecule has 0 amide bonds. The molecular weight excluding hydrogens is 229 g/mol. The van der Waals surface area contributed by atoms with E-state index in [0.29, 0.717) is 12.1 Å². The van der Waals surface area contributed by atoms with Gasteiger partial charge in [0.05, 0.1) is 0 Å². The molecular formula is C12H13F3N2. The molecule has 1 aromatic carbocycles. The highest BCUT2D eigenvalue weighted by Crippen LogP contribution is 2.24. The van der Waals surface area contributed by atoms with Crippen LogP contribution in [0.2, 0.25) is 0 Å². The summed E-state index contributed by atoms with van der Waals surface area (Å²) in [5, 5.41) is 3.87. The molecule has 0 aliphatic rings. The Bertz CT molecular complexity index is 514.